The highest BCUT2D eigenvalue weighted by atomic mass is 32.2. The highest BCUT2D eigenvalue weighted by Crippen LogP contribution is 2.25. The van der Waals surface area contributed by atoms with Crippen molar-refractivity contribution in [3.05, 3.63) is 66.0 Å². The molecule has 1 amide bonds. The van der Waals surface area contributed by atoms with Crippen molar-refractivity contribution in [2.75, 3.05) is 54.2 Å². The van der Waals surface area contributed by atoms with E-state index in [2.05, 4.69) is 37.2 Å². The predicted molar refractivity (Wildman–Crippen MR) is 135 cm³/mol. The number of nitrogens with one attached hydrogen (secondary N) is 1. The first-order valence-electron chi connectivity index (χ1n) is 11.0. The van der Waals surface area contributed by atoms with Crippen molar-refractivity contribution in [3.8, 4) is 5.75 Å². The molecule has 0 spiro atoms. The first kappa shape index (κ1) is 22.9. The number of carbonyl (C=O) groups excluding carboxylic acids is 1. The van der Waals surface area contributed by atoms with Crippen LogP contribution >= 0.6 is 11.8 Å². The number of benzene rings is 2. The lowest BCUT2D eigenvalue weighted by molar-refractivity contribution is -0.113. The molecule has 0 bridgehead atoms. The molecule has 1 aliphatic rings. The summed E-state index contributed by atoms with van der Waals surface area (Å²) in [5, 5.41) is 3.83. The second kappa shape index (κ2) is 10.6. The zero-order chi connectivity index (χ0) is 23.2. The number of nitrogens with zero attached hydrogens (tertiary/aromatic N) is 4. The van der Waals surface area contributed by atoms with Gasteiger partial charge in [0.15, 0.2) is 0 Å². The van der Waals surface area contributed by atoms with Crippen molar-refractivity contribution < 1.29 is 9.53 Å². The van der Waals surface area contributed by atoms with Gasteiger partial charge in [-0.3, -0.25) is 4.79 Å². The Labute approximate surface area is 199 Å². The molecule has 8 heteroatoms. The lowest BCUT2D eigenvalue weighted by Gasteiger charge is -2.36. The molecule has 2 aromatic carbocycles. The number of carbonyl (C=O) groups is 1. The third kappa shape index (κ3) is 5.76. The number of amides is 1. The van der Waals surface area contributed by atoms with E-state index >= 15 is 0 Å². The Hall–Kier alpha value is -3.26. The molecule has 33 heavy (non-hydrogen) atoms. The second-order valence-electron chi connectivity index (χ2n) is 7.99. The van der Waals surface area contributed by atoms with Crippen molar-refractivity contribution in [2.45, 2.75) is 18.9 Å². The van der Waals surface area contributed by atoms with Gasteiger partial charge in [0.05, 0.1) is 12.9 Å². The molecule has 0 atom stereocenters. The van der Waals surface area contributed by atoms with Crippen LogP contribution in [0.3, 0.4) is 0 Å². The van der Waals surface area contributed by atoms with Crippen LogP contribution in [-0.4, -0.2) is 54.9 Å². The number of methoxy groups -OCH3 is 1. The van der Waals surface area contributed by atoms with E-state index in [-0.39, 0.29) is 5.91 Å². The van der Waals surface area contributed by atoms with Gasteiger partial charge in [0.25, 0.3) is 0 Å². The molecular weight excluding hydrogens is 434 g/mol. The van der Waals surface area contributed by atoms with E-state index in [0.717, 1.165) is 59.6 Å². The molecule has 0 aliphatic carbocycles. The maximum Gasteiger partial charge on any atom is 0.234 e. The molecule has 2 heterocycles. The van der Waals surface area contributed by atoms with E-state index in [4.69, 9.17) is 4.74 Å². The first-order chi connectivity index (χ1) is 16.0. The Morgan fingerprint density at radius 2 is 1.67 bits per heavy atom. The summed E-state index contributed by atoms with van der Waals surface area (Å²) in [7, 11) is 1.68. The Morgan fingerprint density at radius 3 is 2.33 bits per heavy atom. The van der Waals surface area contributed by atoms with E-state index in [1.165, 1.54) is 17.4 Å². The van der Waals surface area contributed by atoms with Crippen LogP contribution in [-0.2, 0) is 4.79 Å². The summed E-state index contributed by atoms with van der Waals surface area (Å²) in [5.41, 5.74) is 4.21. The normalized spacial score (nSPS) is 13.7. The zero-order valence-corrected chi connectivity index (χ0v) is 20.1. The van der Waals surface area contributed by atoms with Crippen LogP contribution in [0.15, 0.2) is 59.9 Å². The fourth-order valence-electron chi connectivity index (χ4n) is 3.90. The highest BCUT2D eigenvalue weighted by molar-refractivity contribution is 7.99. The van der Waals surface area contributed by atoms with Gasteiger partial charge in [0.2, 0.25) is 5.91 Å². The minimum Gasteiger partial charge on any atom is -0.497 e. The van der Waals surface area contributed by atoms with Gasteiger partial charge in [0, 0.05) is 43.6 Å². The van der Waals surface area contributed by atoms with Crippen LogP contribution in [0.4, 0.5) is 17.2 Å². The summed E-state index contributed by atoms with van der Waals surface area (Å²) in [4.78, 5) is 25.9. The number of ether oxygens (including phenoxy) is 1. The van der Waals surface area contributed by atoms with Crippen LogP contribution < -0.4 is 19.9 Å². The molecular formula is C25H29N5O2S. The van der Waals surface area contributed by atoms with Gasteiger partial charge in [-0.05, 0) is 49.2 Å². The molecule has 7 nitrogen and oxygen atoms in total. The van der Waals surface area contributed by atoms with Crippen molar-refractivity contribution in [1.29, 1.82) is 0 Å². The molecule has 0 radical (unpaired) electrons. The average Bonchev–Trinajstić information content (AvgIpc) is 2.85. The molecule has 3 aromatic rings. The van der Waals surface area contributed by atoms with Crippen molar-refractivity contribution in [2.24, 2.45) is 0 Å². The van der Waals surface area contributed by atoms with Crippen LogP contribution in [0.2, 0.25) is 0 Å². The molecule has 0 unspecified atom stereocenters. The van der Waals surface area contributed by atoms with Crippen molar-refractivity contribution in [1.82, 2.24) is 9.97 Å². The number of rotatable bonds is 7. The molecule has 1 aliphatic heterocycles. The maximum absolute atomic E-state index is 12.5. The van der Waals surface area contributed by atoms with Gasteiger partial charge < -0.3 is 19.9 Å². The van der Waals surface area contributed by atoms with Crippen molar-refractivity contribution >= 4 is 34.9 Å². The molecule has 172 valence electrons. The van der Waals surface area contributed by atoms with Crippen LogP contribution in [0.1, 0.15) is 11.1 Å². The van der Waals surface area contributed by atoms with E-state index in [0.29, 0.717) is 5.75 Å². The van der Waals surface area contributed by atoms with Gasteiger partial charge in [0.1, 0.15) is 22.9 Å². The number of hydrogen-bond acceptors (Lipinski definition) is 7. The third-order valence-electron chi connectivity index (χ3n) is 5.77. The third-order valence-corrected chi connectivity index (χ3v) is 6.69. The number of aromatic nitrogens is 2. The standard InChI is InChI=1S/C25H29N5O2S/c1-18-5-4-6-19(2)25(18)28-23(31)16-33-24-15-22(26-17-27-24)30-13-11-29(12-14-30)20-7-9-21(32-3)10-8-20/h4-10,15,17H,11-14,16H2,1-3H3,(H,28,31). The lowest BCUT2D eigenvalue weighted by Crippen LogP contribution is -2.46. The van der Waals surface area contributed by atoms with Gasteiger partial charge in [-0.1, -0.05) is 30.0 Å². The van der Waals surface area contributed by atoms with Crippen LogP contribution in [0.25, 0.3) is 0 Å². The second-order valence-corrected chi connectivity index (χ2v) is 8.99. The lowest BCUT2D eigenvalue weighted by atomic mass is 10.1. The highest BCUT2D eigenvalue weighted by Gasteiger charge is 2.19. The Bertz CT molecular complexity index is 1080. The Balaban J connectivity index is 1.31. The van der Waals surface area contributed by atoms with Gasteiger partial charge in [-0.2, -0.15) is 0 Å². The van der Waals surface area contributed by atoms with Gasteiger partial charge in [-0.25, -0.2) is 9.97 Å². The molecule has 0 saturated carbocycles. The summed E-state index contributed by atoms with van der Waals surface area (Å²) in [6.07, 6.45) is 1.58. The minimum absolute atomic E-state index is 0.0364. The molecule has 1 N–H and O–H groups in total. The number of aryl methyl sites for hydroxylation is 2. The van der Waals surface area contributed by atoms with Crippen LogP contribution in [0, 0.1) is 13.8 Å². The first-order valence-corrected chi connectivity index (χ1v) is 12.0. The number of para-hydroxylation sites is 1. The number of thioether (sulfide) groups is 1. The maximum atomic E-state index is 12.5. The number of piperazine rings is 1. The summed E-state index contributed by atoms with van der Waals surface area (Å²) < 4.78 is 5.25. The zero-order valence-electron chi connectivity index (χ0n) is 19.2. The van der Waals surface area contributed by atoms with E-state index in [1.807, 2.05) is 50.2 Å². The average molecular weight is 464 g/mol. The molecule has 1 aromatic heterocycles. The fourth-order valence-corrected chi connectivity index (χ4v) is 4.56. The van der Waals surface area contributed by atoms with Crippen molar-refractivity contribution in [3.63, 3.8) is 0 Å². The quantitative estimate of drug-likeness (QED) is 0.417. The minimum atomic E-state index is -0.0364. The SMILES string of the molecule is COc1ccc(N2CCN(c3cc(SCC(=O)Nc4c(C)cccc4C)ncn3)CC2)cc1. The number of hydrogen-bond donors (Lipinski definition) is 1. The van der Waals surface area contributed by atoms with E-state index in [9.17, 15) is 4.79 Å². The molecule has 4 rings (SSSR count). The Morgan fingerprint density at radius 1 is 1.00 bits per heavy atom. The summed E-state index contributed by atoms with van der Waals surface area (Å²) in [5.74, 6) is 2.03. The fraction of sp³-hybridized carbons (Fsp3) is 0.320. The smallest absolute Gasteiger partial charge is 0.234 e. The predicted octanol–water partition coefficient (Wildman–Crippen LogP) is 4.16. The topological polar surface area (TPSA) is 70.6 Å². The van der Waals surface area contributed by atoms with E-state index < -0.39 is 0 Å². The number of anilines is 3. The van der Waals surface area contributed by atoms with Gasteiger partial charge in [-0.15, -0.1) is 0 Å². The monoisotopic (exact) mass is 463 g/mol. The summed E-state index contributed by atoms with van der Waals surface area (Å²) in [6.45, 7) is 7.58. The Kier molecular flexibility index (Phi) is 7.34. The molecule has 1 fully saturated rings. The summed E-state index contributed by atoms with van der Waals surface area (Å²) in [6, 6.07) is 16.1. The molecule has 1 saturated heterocycles. The van der Waals surface area contributed by atoms with E-state index in [1.54, 1.807) is 13.4 Å². The van der Waals surface area contributed by atoms with Crippen LogP contribution in [0.5, 0.6) is 5.75 Å². The summed E-state index contributed by atoms with van der Waals surface area (Å²) >= 11 is 1.43. The largest absolute Gasteiger partial charge is 0.497 e. The van der Waals surface area contributed by atoms with Gasteiger partial charge >= 0.3 is 0 Å².